The van der Waals surface area contributed by atoms with E-state index in [-0.39, 0.29) is 79.9 Å². The molecule has 0 aliphatic rings. The van der Waals surface area contributed by atoms with E-state index in [2.05, 4.69) is 11.9 Å². The first-order chi connectivity index (χ1) is 11.0. The van der Waals surface area contributed by atoms with Gasteiger partial charge in [0.2, 0.25) is 0 Å². The number of carboxylic acid groups (broad SMARTS) is 1. The number of carbonyl (C=O) groups is 2. The smallest absolute Gasteiger partial charge is 1.00 e. The molecular formula is C18H25NNa2O4. The van der Waals surface area contributed by atoms with Gasteiger partial charge in [-0.25, -0.2) is 4.79 Å². The zero-order valence-corrected chi connectivity index (χ0v) is 19.9. The molecule has 1 aromatic heterocycles. The monoisotopic (exact) mass is 365 g/mol. The summed E-state index contributed by atoms with van der Waals surface area (Å²) in [6, 6.07) is 3.49. The van der Waals surface area contributed by atoms with Crippen molar-refractivity contribution in [3.05, 3.63) is 34.5 Å². The Bertz CT molecular complexity index is 751. The van der Waals surface area contributed by atoms with E-state index in [0.717, 1.165) is 47.8 Å². The summed E-state index contributed by atoms with van der Waals surface area (Å²) < 4.78 is 4.80. The van der Waals surface area contributed by atoms with Gasteiger partial charge in [0.05, 0.1) is 19.1 Å². The van der Waals surface area contributed by atoms with Gasteiger partial charge in [0, 0.05) is 16.6 Å². The Hall–Kier alpha value is -0.300. The van der Waals surface area contributed by atoms with Crippen molar-refractivity contribution in [3.8, 4) is 0 Å². The fourth-order valence-electron chi connectivity index (χ4n) is 2.88. The number of hydrogen-bond acceptors (Lipinski definition) is 3. The van der Waals surface area contributed by atoms with Gasteiger partial charge in [0.25, 0.3) is 0 Å². The number of aromatic nitrogens is 1. The van der Waals surface area contributed by atoms with Crippen LogP contribution in [0.3, 0.4) is 0 Å². The van der Waals surface area contributed by atoms with Gasteiger partial charge in [-0.15, -0.1) is 0 Å². The summed E-state index contributed by atoms with van der Waals surface area (Å²) >= 11 is 0. The number of nitrogens with one attached hydrogen (secondary N) is 1. The molecule has 2 rings (SSSR count). The van der Waals surface area contributed by atoms with Crippen LogP contribution in [-0.2, 0) is 22.4 Å². The maximum Gasteiger partial charge on any atom is 1.00 e. The second kappa shape index (κ2) is 11.4. The zero-order chi connectivity index (χ0) is 17.0. The first-order valence-electron chi connectivity index (χ1n) is 7.92. The topological polar surface area (TPSA) is 79.4 Å². The number of benzene rings is 1. The summed E-state index contributed by atoms with van der Waals surface area (Å²) in [5.41, 5.74) is 3.65. The van der Waals surface area contributed by atoms with E-state index in [4.69, 9.17) is 4.74 Å². The predicted octanol–water partition coefficient (Wildman–Crippen LogP) is -2.14. The normalized spacial score (nSPS) is 10.0. The van der Waals surface area contributed by atoms with E-state index in [1.54, 1.807) is 13.0 Å². The number of rotatable bonds is 7. The number of hydrogen-bond donors (Lipinski definition) is 2. The first kappa shape index (κ1) is 24.7. The third kappa shape index (κ3) is 6.12. The summed E-state index contributed by atoms with van der Waals surface area (Å²) in [5, 5.41) is 10.2. The second-order valence-corrected chi connectivity index (χ2v) is 5.81. The number of methoxy groups -OCH3 is 1. The van der Waals surface area contributed by atoms with Gasteiger partial charge in [-0.3, -0.25) is 4.79 Å². The summed E-state index contributed by atoms with van der Waals surface area (Å²) in [6.07, 6.45) is 4.31. The summed E-state index contributed by atoms with van der Waals surface area (Å²) in [5.74, 6) is -1.23. The molecule has 0 atom stereocenters. The number of carboxylic acids is 1. The largest absolute Gasteiger partial charge is 1.00 e. The van der Waals surface area contributed by atoms with Crippen molar-refractivity contribution in [1.82, 2.24) is 4.98 Å². The number of ether oxygens (including phenoxy) is 1. The molecule has 0 bridgehead atoms. The molecule has 0 unspecified atom stereocenters. The molecule has 2 aromatic rings. The number of aromatic carboxylic acids is 1. The average Bonchev–Trinajstić information content (AvgIpc) is 2.83. The number of aryl methyl sites for hydroxylation is 2. The molecule has 0 saturated carbocycles. The Morgan fingerprint density at radius 2 is 1.92 bits per heavy atom. The molecule has 128 valence electrons. The van der Waals surface area contributed by atoms with Crippen LogP contribution in [-0.4, -0.2) is 29.1 Å². The number of aromatic amines is 1. The van der Waals surface area contributed by atoms with Gasteiger partial charge < -0.3 is 17.7 Å². The Morgan fingerprint density at radius 1 is 1.24 bits per heavy atom. The van der Waals surface area contributed by atoms with Crippen molar-refractivity contribution in [2.75, 3.05) is 7.11 Å². The van der Waals surface area contributed by atoms with E-state index in [9.17, 15) is 14.7 Å². The zero-order valence-electron chi connectivity index (χ0n) is 17.9. The van der Waals surface area contributed by atoms with Crippen molar-refractivity contribution in [2.45, 2.75) is 46.0 Å². The molecule has 2 N–H and O–H groups in total. The minimum Gasteiger partial charge on any atom is -1.00 e. The van der Waals surface area contributed by atoms with Crippen LogP contribution in [0.15, 0.2) is 12.1 Å². The molecule has 25 heavy (non-hydrogen) atoms. The second-order valence-electron chi connectivity index (χ2n) is 5.81. The number of carbonyl (C=O) groups excluding carboxylic acids is 1. The van der Waals surface area contributed by atoms with Crippen LogP contribution in [0.2, 0.25) is 0 Å². The van der Waals surface area contributed by atoms with Crippen LogP contribution in [0.1, 0.15) is 56.2 Å². The van der Waals surface area contributed by atoms with Gasteiger partial charge in [-0.1, -0.05) is 19.8 Å². The summed E-state index contributed by atoms with van der Waals surface area (Å²) in [7, 11) is 1.38. The molecule has 0 saturated heterocycles. The number of unbranched alkanes of at least 4 members (excludes halogenated alkanes) is 2. The summed E-state index contributed by atoms with van der Waals surface area (Å²) in [4.78, 5) is 26.3. The first-order valence-corrected chi connectivity index (χ1v) is 7.92. The predicted molar refractivity (Wildman–Crippen MR) is 91.2 cm³/mol. The van der Waals surface area contributed by atoms with Gasteiger partial charge in [-0.2, -0.15) is 0 Å². The molecule has 0 fully saturated rings. The minimum absolute atomic E-state index is 0. The van der Waals surface area contributed by atoms with Crippen molar-refractivity contribution in [2.24, 2.45) is 0 Å². The Labute approximate surface area is 195 Å². The van der Waals surface area contributed by atoms with Crippen molar-refractivity contribution in [3.63, 3.8) is 0 Å². The van der Waals surface area contributed by atoms with E-state index >= 15 is 0 Å². The van der Waals surface area contributed by atoms with Gasteiger partial charge in [0.1, 0.15) is 0 Å². The van der Waals surface area contributed by atoms with E-state index in [1.165, 1.54) is 7.11 Å². The molecular weight excluding hydrogens is 340 g/mol. The molecule has 5 nitrogen and oxygen atoms in total. The molecule has 0 aliphatic heterocycles. The fourth-order valence-corrected chi connectivity index (χ4v) is 2.88. The molecule has 7 heteroatoms. The third-order valence-electron chi connectivity index (χ3n) is 4.15. The Morgan fingerprint density at radius 3 is 2.48 bits per heavy atom. The summed E-state index contributed by atoms with van der Waals surface area (Å²) in [6.45, 7) is 3.91. The van der Waals surface area contributed by atoms with E-state index in [0.29, 0.717) is 5.56 Å². The molecule has 1 aromatic carbocycles. The molecule has 0 radical (unpaired) electrons. The fraction of sp³-hybridized carbons (Fsp3) is 0.444. The van der Waals surface area contributed by atoms with Crippen molar-refractivity contribution >= 4 is 22.8 Å². The SMILES string of the molecule is CCCCCc1[nH]c2cc(C(=O)O)c(C)cc2c1CC(=O)OC.[H-].[H-].[Na+].[Na+]. The molecule has 0 spiro atoms. The number of fused-ring (bicyclic) bond motifs is 1. The van der Waals surface area contributed by atoms with E-state index < -0.39 is 5.97 Å². The maximum atomic E-state index is 11.7. The maximum absolute atomic E-state index is 11.7. The van der Waals surface area contributed by atoms with Gasteiger partial charge in [-0.05, 0) is 43.0 Å². The van der Waals surface area contributed by atoms with Crippen LogP contribution in [0.25, 0.3) is 10.9 Å². The third-order valence-corrected chi connectivity index (χ3v) is 4.15. The molecule has 0 amide bonds. The Kier molecular flexibility index (Phi) is 11.3. The van der Waals surface area contributed by atoms with Crippen LogP contribution in [0.5, 0.6) is 0 Å². The van der Waals surface area contributed by atoms with Crippen molar-refractivity contribution in [1.29, 1.82) is 0 Å². The van der Waals surface area contributed by atoms with Crippen LogP contribution in [0.4, 0.5) is 0 Å². The van der Waals surface area contributed by atoms with Crippen LogP contribution in [0, 0.1) is 6.92 Å². The molecule has 1 heterocycles. The van der Waals surface area contributed by atoms with Crippen molar-refractivity contribution < 1.29 is 81.4 Å². The number of esters is 1. The Balaban J connectivity index is -0.00000144. The van der Waals surface area contributed by atoms with Crippen LogP contribution >= 0.6 is 0 Å². The van der Waals surface area contributed by atoms with Gasteiger partial charge in [0.15, 0.2) is 0 Å². The van der Waals surface area contributed by atoms with Crippen LogP contribution < -0.4 is 59.1 Å². The average molecular weight is 365 g/mol. The standard InChI is InChI=1S/C18H23NO4.2Na.2H/c1-4-5-6-7-15-14(10-17(20)23-3)13-8-11(2)12(18(21)22)9-16(13)19-15;;;;/h8-9,19H,4-7,10H2,1-3H3,(H,21,22);;;;/q;2*+1;2*-1. The number of H-pyrrole nitrogens is 1. The van der Waals surface area contributed by atoms with E-state index in [1.807, 2.05) is 6.07 Å². The quantitative estimate of drug-likeness (QED) is 0.333. The van der Waals surface area contributed by atoms with Gasteiger partial charge >= 0.3 is 71.1 Å². The minimum atomic E-state index is -0.943. The molecule has 0 aliphatic carbocycles.